The van der Waals surface area contributed by atoms with Crippen molar-refractivity contribution in [1.82, 2.24) is 4.90 Å². The van der Waals surface area contributed by atoms with E-state index in [-0.39, 0.29) is 0 Å². The summed E-state index contributed by atoms with van der Waals surface area (Å²) in [5.41, 5.74) is 2.79. The zero-order chi connectivity index (χ0) is 17.7. The van der Waals surface area contributed by atoms with Gasteiger partial charge in [-0.15, -0.1) is 0 Å². The number of allylic oxidation sites excluding steroid dienone is 1. The van der Waals surface area contributed by atoms with Gasteiger partial charge in [-0.25, -0.2) is 0 Å². The number of hydrogen-bond donors (Lipinski definition) is 0. The Balaban J connectivity index is 1.55. The molecule has 0 fully saturated rings. The molecule has 1 aliphatic rings. The normalized spacial score (nSPS) is 16.2. The predicted octanol–water partition coefficient (Wildman–Crippen LogP) is 5.55. The molecular formula is C21H20F3N. The van der Waals surface area contributed by atoms with Gasteiger partial charge in [0, 0.05) is 19.6 Å². The molecule has 0 atom stereocenters. The van der Waals surface area contributed by atoms with Crippen LogP contribution >= 0.6 is 0 Å². The lowest BCUT2D eigenvalue weighted by Crippen LogP contribution is -2.28. The lowest BCUT2D eigenvalue weighted by Gasteiger charge is -2.25. The number of rotatable bonds is 4. The van der Waals surface area contributed by atoms with E-state index >= 15 is 0 Å². The molecule has 2 aromatic carbocycles. The van der Waals surface area contributed by atoms with Gasteiger partial charge in [0.1, 0.15) is 0 Å². The summed E-state index contributed by atoms with van der Waals surface area (Å²) in [5.74, 6) is 0. The fourth-order valence-corrected chi connectivity index (χ4v) is 2.85. The highest BCUT2D eigenvalue weighted by Gasteiger charge is 2.29. The number of benzene rings is 2. The Hall–Kier alpha value is -2.33. The maximum atomic E-state index is 12.6. The molecule has 2 aromatic rings. The largest absolute Gasteiger partial charge is 0.416 e. The molecule has 130 valence electrons. The fourth-order valence-electron chi connectivity index (χ4n) is 2.85. The van der Waals surface area contributed by atoms with Gasteiger partial charge < -0.3 is 0 Å². The Labute approximate surface area is 146 Å². The summed E-state index contributed by atoms with van der Waals surface area (Å²) < 4.78 is 37.8. The van der Waals surface area contributed by atoms with E-state index in [0.29, 0.717) is 6.54 Å². The van der Waals surface area contributed by atoms with Crippen LogP contribution in [0.15, 0.2) is 72.3 Å². The van der Waals surface area contributed by atoms with Crippen molar-refractivity contribution >= 4 is 6.08 Å². The van der Waals surface area contributed by atoms with E-state index in [1.807, 2.05) is 18.2 Å². The lowest BCUT2D eigenvalue weighted by molar-refractivity contribution is -0.137. The highest BCUT2D eigenvalue weighted by molar-refractivity contribution is 5.52. The maximum Gasteiger partial charge on any atom is 0.416 e. The fraction of sp³-hybridized carbons (Fsp3) is 0.238. The van der Waals surface area contributed by atoms with Crippen LogP contribution in [0.5, 0.6) is 0 Å². The van der Waals surface area contributed by atoms with E-state index in [1.54, 1.807) is 12.1 Å². The number of hydrogen-bond acceptors (Lipinski definition) is 1. The Kier molecular flexibility index (Phi) is 5.39. The minimum absolute atomic E-state index is 0.594. The van der Waals surface area contributed by atoms with Crippen molar-refractivity contribution in [3.63, 3.8) is 0 Å². The SMILES string of the molecule is FC(F)(F)c1ccc(CN2CC=C(/C=C/c3ccccc3)CC2)cc1. The van der Waals surface area contributed by atoms with Crippen molar-refractivity contribution < 1.29 is 13.2 Å². The summed E-state index contributed by atoms with van der Waals surface area (Å²) in [6.07, 6.45) is 3.12. The van der Waals surface area contributed by atoms with E-state index in [4.69, 9.17) is 0 Å². The Morgan fingerprint density at radius 1 is 0.920 bits per heavy atom. The zero-order valence-corrected chi connectivity index (χ0v) is 13.8. The highest BCUT2D eigenvalue weighted by Crippen LogP contribution is 2.29. The average molecular weight is 343 g/mol. The van der Waals surface area contributed by atoms with Crippen LogP contribution in [0.4, 0.5) is 13.2 Å². The van der Waals surface area contributed by atoms with Crippen molar-refractivity contribution in [3.05, 3.63) is 89.0 Å². The molecule has 1 nitrogen and oxygen atoms in total. The first-order chi connectivity index (χ1) is 12.0. The summed E-state index contributed by atoms with van der Waals surface area (Å²) in [6.45, 7) is 2.39. The minimum atomic E-state index is -4.27. The predicted molar refractivity (Wildman–Crippen MR) is 94.9 cm³/mol. The van der Waals surface area contributed by atoms with Gasteiger partial charge in [-0.1, -0.05) is 60.7 Å². The van der Waals surface area contributed by atoms with Gasteiger partial charge in [0.25, 0.3) is 0 Å². The topological polar surface area (TPSA) is 3.24 Å². The second kappa shape index (κ2) is 7.70. The number of alkyl halides is 3. The first-order valence-electron chi connectivity index (χ1n) is 8.31. The second-order valence-electron chi connectivity index (χ2n) is 6.20. The van der Waals surface area contributed by atoms with Crippen LogP contribution in [-0.2, 0) is 12.7 Å². The lowest BCUT2D eigenvalue weighted by atomic mass is 10.0. The van der Waals surface area contributed by atoms with Crippen LogP contribution < -0.4 is 0 Å². The summed E-state index contributed by atoms with van der Waals surface area (Å²) >= 11 is 0. The van der Waals surface area contributed by atoms with Crippen molar-refractivity contribution in [2.45, 2.75) is 19.1 Å². The first-order valence-corrected chi connectivity index (χ1v) is 8.31. The van der Waals surface area contributed by atoms with Crippen LogP contribution in [0, 0.1) is 0 Å². The Morgan fingerprint density at radius 3 is 2.24 bits per heavy atom. The quantitative estimate of drug-likeness (QED) is 0.703. The molecule has 25 heavy (non-hydrogen) atoms. The standard InChI is InChI=1S/C21H20F3N/c22-21(23,24)20-10-8-19(9-11-20)16-25-14-12-18(13-15-25)7-6-17-4-2-1-3-5-17/h1-12H,13-16H2/b7-6+. The van der Waals surface area contributed by atoms with E-state index in [9.17, 15) is 13.2 Å². The van der Waals surface area contributed by atoms with Crippen LogP contribution in [0.2, 0.25) is 0 Å². The third kappa shape index (κ3) is 5.07. The number of halogens is 3. The third-order valence-corrected chi connectivity index (χ3v) is 4.31. The van der Waals surface area contributed by atoms with E-state index in [1.165, 1.54) is 11.1 Å². The summed E-state index contributed by atoms with van der Waals surface area (Å²) in [4.78, 5) is 2.24. The Morgan fingerprint density at radius 2 is 1.64 bits per heavy atom. The molecule has 0 spiro atoms. The van der Waals surface area contributed by atoms with Crippen molar-refractivity contribution in [2.24, 2.45) is 0 Å². The van der Waals surface area contributed by atoms with Gasteiger partial charge in [0.15, 0.2) is 0 Å². The van der Waals surface area contributed by atoms with Gasteiger partial charge in [0.05, 0.1) is 5.56 Å². The summed E-state index contributed by atoms with van der Waals surface area (Å²) in [5, 5.41) is 0. The molecule has 0 saturated carbocycles. The van der Waals surface area contributed by atoms with Gasteiger partial charge in [-0.05, 0) is 35.3 Å². The molecule has 0 saturated heterocycles. The molecule has 1 heterocycles. The molecular weight excluding hydrogens is 323 g/mol. The Bertz CT molecular complexity index is 743. The highest BCUT2D eigenvalue weighted by atomic mass is 19.4. The van der Waals surface area contributed by atoms with Gasteiger partial charge in [-0.2, -0.15) is 13.2 Å². The molecule has 0 unspecified atom stereocenters. The third-order valence-electron chi connectivity index (χ3n) is 4.31. The van der Waals surface area contributed by atoms with E-state index in [2.05, 4.69) is 35.3 Å². The van der Waals surface area contributed by atoms with Gasteiger partial charge in [-0.3, -0.25) is 4.90 Å². The van der Waals surface area contributed by atoms with Crippen molar-refractivity contribution in [1.29, 1.82) is 0 Å². The van der Waals surface area contributed by atoms with Crippen LogP contribution in [0.3, 0.4) is 0 Å². The zero-order valence-electron chi connectivity index (χ0n) is 13.8. The molecule has 0 radical (unpaired) electrons. The van der Waals surface area contributed by atoms with Gasteiger partial charge in [0.2, 0.25) is 0 Å². The first kappa shape index (κ1) is 17.5. The molecule has 0 aromatic heterocycles. The van der Waals surface area contributed by atoms with Crippen LogP contribution in [0.25, 0.3) is 6.08 Å². The van der Waals surface area contributed by atoms with Crippen molar-refractivity contribution in [3.8, 4) is 0 Å². The molecule has 3 rings (SSSR count). The molecule has 1 aliphatic heterocycles. The number of nitrogens with zero attached hydrogens (tertiary/aromatic N) is 1. The maximum absolute atomic E-state index is 12.6. The monoisotopic (exact) mass is 343 g/mol. The summed E-state index contributed by atoms with van der Waals surface area (Å²) in [6, 6.07) is 15.6. The minimum Gasteiger partial charge on any atom is -0.295 e. The molecule has 0 aliphatic carbocycles. The summed E-state index contributed by atoms with van der Waals surface area (Å²) in [7, 11) is 0. The second-order valence-corrected chi connectivity index (χ2v) is 6.20. The van der Waals surface area contributed by atoms with E-state index < -0.39 is 11.7 Å². The molecule has 0 bridgehead atoms. The van der Waals surface area contributed by atoms with Crippen molar-refractivity contribution in [2.75, 3.05) is 13.1 Å². The van der Waals surface area contributed by atoms with Gasteiger partial charge >= 0.3 is 6.18 Å². The molecule has 4 heteroatoms. The van der Waals surface area contributed by atoms with Crippen LogP contribution in [0.1, 0.15) is 23.1 Å². The van der Waals surface area contributed by atoms with E-state index in [0.717, 1.165) is 37.2 Å². The average Bonchev–Trinajstić information content (AvgIpc) is 2.62. The molecule has 0 amide bonds. The smallest absolute Gasteiger partial charge is 0.295 e. The van der Waals surface area contributed by atoms with Crippen LogP contribution in [-0.4, -0.2) is 18.0 Å². The molecule has 0 N–H and O–H groups in total.